The molecule has 0 spiro atoms. The number of rotatable bonds is 7. The van der Waals surface area contributed by atoms with Crippen LogP contribution in [0, 0.1) is 0 Å². The first-order valence-corrected chi connectivity index (χ1v) is 13.8. The third-order valence-corrected chi connectivity index (χ3v) is 8.02. The van der Waals surface area contributed by atoms with Gasteiger partial charge in [0.25, 0.3) is 0 Å². The van der Waals surface area contributed by atoms with Gasteiger partial charge in [0.1, 0.15) is 18.1 Å². The van der Waals surface area contributed by atoms with Crippen LogP contribution in [-0.2, 0) is 16.1 Å². The molecule has 1 N–H and O–H groups in total. The number of para-hydroxylation sites is 2. The van der Waals surface area contributed by atoms with Gasteiger partial charge in [0.05, 0.1) is 22.9 Å². The molecule has 1 aliphatic carbocycles. The number of nitrogens with zero attached hydrogens (tertiary/aromatic N) is 5. The van der Waals surface area contributed by atoms with Gasteiger partial charge in [-0.1, -0.05) is 60.9 Å². The Morgan fingerprint density at radius 3 is 2.61 bits per heavy atom. The summed E-state index contributed by atoms with van der Waals surface area (Å²) in [7, 11) is 0. The molecule has 38 heavy (non-hydrogen) atoms. The molecule has 8 nitrogen and oxygen atoms in total. The highest BCUT2D eigenvalue weighted by molar-refractivity contribution is 7.10. The second-order valence-corrected chi connectivity index (χ2v) is 10.6. The first-order valence-electron chi connectivity index (χ1n) is 13.0. The first kappa shape index (κ1) is 24.2. The third-order valence-electron chi connectivity index (χ3n) is 7.10. The number of benzene rings is 2. The summed E-state index contributed by atoms with van der Waals surface area (Å²) in [5.41, 5.74) is 2.86. The molecule has 1 aliphatic rings. The molecule has 2 amide bonds. The zero-order valence-corrected chi connectivity index (χ0v) is 21.7. The minimum Gasteiger partial charge on any atom is -0.351 e. The Bertz CT molecular complexity index is 1570. The molecule has 0 radical (unpaired) electrons. The number of thiophene rings is 1. The van der Waals surface area contributed by atoms with Gasteiger partial charge in [-0.15, -0.1) is 16.4 Å². The van der Waals surface area contributed by atoms with Crippen molar-refractivity contribution in [1.82, 2.24) is 25.3 Å². The van der Waals surface area contributed by atoms with Crippen LogP contribution in [-0.4, -0.2) is 37.8 Å². The highest BCUT2D eigenvalue weighted by Crippen LogP contribution is 2.33. The second kappa shape index (κ2) is 10.7. The van der Waals surface area contributed by atoms with Crippen LogP contribution < -0.4 is 10.2 Å². The number of amides is 2. The molecule has 0 bridgehead atoms. The Morgan fingerprint density at radius 1 is 1.00 bits per heavy atom. The van der Waals surface area contributed by atoms with E-state index in [0.29, 0.717) is 11.2 Å². The summed E-state index contributed by atoms with van der Waals surface area (Å²) in [6, 6.07) is 20.3. The maximum absolute atomic E-state index is 14.2. The second-order valence-electron chi connectivity index (χ2n) is 9.65. The Hall–Kier alpha value is -4.11. The van der Waals surface area contributed by atoms with E-state index in [-0.39, 0.29) is 24.4 Å². The topological polar surface area (TPSA) is 93.0 Å². The van der Waals surface area contributed by atoms with Crippen molar-refractivity contribution in [2.24, 2.45) is 0 Å². The number of nitrogens with one attached hydrogen (secondary N) is 1. The summed E-state index contributed by atoms with van der Waals surface area (Å²) in [5.74, 6) is -0.445. The van der Waals surface area contributed by atoms with Gasteiger partial charge in [-0.05, 0) is 48.6 Å². The first-order chi connectivity index (χ1) is 18.7. The number of hydrogen-bond acceptors (Lipinski definition) is 6. The van der Waals surface area contributed by atoms with Crippen LogP contribution in [0.25, 0.3) is 21.9 Å². The Kier molecular flexibility index (Phi) is 6.83. The average Bonchev–Trinajstić information content (AvgIpc) is 3.62. The summed E-state index contributed by atoms with van der Waals surface area (Å²) in [4.78, 5) is 35.1. The Labute approximate surface area is 224 Å². The fourth-order valence-electron chi connectivity index (χ4n) is 5.21. The quantitative estimate of drug-likeness (QED) is 0.313. The number of pyridine rings is 1. The predicted molar refractivity (Wildman–Crippen MR) is 149 cm³/mol. The van der Waals surface area contributed by atoms with Gasteiger partial charge < -0.3 is 5.32 Å². The molecular formula is C29H28N6O2S. The van der Waals surface area contributed by atoms with E-state index in [9.17, 15) is 9.59 Å². The maximum Gasteiger partial charge on any atom is 0.249 e. The van der Waals surface area contributed by atoms with Crippen LogP contribution >= 0.6 is 11.3 Å². The number of carbonyl (C=O) groups is 2. The highest BCUT2D eigenvalue weighted by atomic mass is 32.1. The normalized spacial score (nSPS) is 14.9. The SMILES string of the molecule is O=C(NC1CCCCC1)[C@H](c1cccs1)N(C(=O)Cn1nnc2ccccc21)c1cnc2ccccc2c1. The van der Waals surface area contributed by atoms with Gasteiger partial charge >= 0.3 is 0 Å². The van der Waals surface area contributed by atoms with E-state index in [1.807, 2.05) is 72.1 Å². The van der Waals surface area contributed by atoms with Crippen LogP contribution in [0.2, 0.25) is 0 Å². The van der Waals surface area contributed by atoms with E-state index >= 15 is 0 Å². The van der Waals surface area contributed by atoms with Crippen molar-refractivity contribution in [3.63, 3.8) is 0 Å². The van der Waals surface area contributed by atoms with Gasteiger partial charge in [-0.25, -0.2) is 4.68 Å². The lowest BCUT2D eigenvalue weighted by Gasteiger charge is -2.32. The van der Waals surface area contributed by atoms with Crippen LogP contribution in [0.15, 0.2) is 78.3 Å². The molecule has 1 atom stereocenters. The molecule has 5 aromatic rings. The van der Waals surface area contributed by atoms with E-state index in [0.717, 1.165) is 47.0 Å². The molecule has 0 unspecified atom stereocenters. The molecule has 3 aromatic heterocycles. The highest BCUT2D eigenvalue weighted by Gasteiger charge is 2.35. The average molecular weight is 525 g/mol. The molecule has 3 heterocycles. The van der Waals surface area contributed by atoms with Crippen molar-refractivity contribution >= 4 is 50.8 Å². The number of fused-ring (bicyclic) bond motifs is 2. The van der Waals surface area contributed by atoms with Crippen molar-refractivity contribution in [2.75, 3.05) is 4.90 Å². The van der Waals surface area contributed by atoms with Crippen molar-refractivity contribution in [3.8, 4) is 0 Å². The van der Waals surface area contributed by atoms with E-state index < -0.39 is 6.04 Å². The minimum atomic E-state index is -0.831. The van der Waals surface area contributed by atoms with Gasteiger partial charge in [-0.2, -0.15) is 0 Å². The predicted octanol–water partition coefficient (Wildman–Crippen LogP) is 5.26. The van der Waals surface area contributed by atoms with Gasteiger partial charge in [0.15, 0.2) is 0 Å². The zero-order valence-electron chi connectivity index (χ0n) is 20.9. The molecule has 6 rings (SSSR count). The molecule has 192 valence electrons. The van der Waals surface area contributed by atoms with E-state index in [1.54, 1.807) is 15.8 Å². The van der Waals surface area contributed by atoms with Gasteiger partial charge in [-0.3, -0.25) is 19.5 Å². The lowest BCUT2D eigenvalue weighted by molar-refractivity contribution is -0.127. The van der Waals surface area contributed by atoms with E-state index in [4.69, 9.17) is 0 Å². The maximum atomic E-state index is 14.2. The van der Waals surface area contributed by atoms with Crippen molar-refractivity contribution in [1.29, 1.82) is 0 Å². The zero-order chi connectivity index (χ0) is 25.9. The summed E-state index contributed by atoms with van der Waals surface area (Å²) >= 11 is 1.47. The number of hydrogen-bond donors (Lipinski definition) is 1. The van der Waals surface area contributed by atoms with Crippen molar-refractivity contribution in [2.45, 2.75) is 50.7 Å². The third kappa shape index (κ3) is 4.89. The molecule has 0 saturated heterocycles. The molecule has 2 aromatic carbocycles. The molecule has 9 heteroatoms. The van der Waals surface area contributed by atoms with Gasteiger partial charge in [0, 0.05) is 16.3 Å². The fraction of sp³-hybridized carbons (Fsp3) is 0.276. The van der Waals surface area contributed by atoms with Crippen LogP contribution in [0.4, 0.5) is 5.69 Å². The van der Waals surface area contributed by atoms with Crippen LogP contribution in [0.1, 0.15) is 43.0 Å². The Balaban J connectivity index is 1.42. The smallest absolute Gasteiger partial charge is 0.249 e. The summed E-state index contributed by atoms with van der Waals surface area (Å²) in [6.45, 7) is -0.0636. The molecule has 1 fully saturated rings. The minimum absolute atomic E-state index is 0.0636. The monoisotopic (exact) mass is 524 g/mol. The van der Waals surface area contributed by atoms with Crippen molar-refractivity contribution < 1.29 is 9.59 Å². The van der Waals surface area contributed by atoms with Crippen molar-refractivity contribution in [3.05, 3.63) is 83.2 Å². The molecule has 0 aliphatic heterocycles. The van der Waals surface area contributed by atoms with Crippen LogP contribution in [0.3, 0.4) is 0 Å². The number of aromatic nitrogens is 4. The summed E-state index contributed by atoms with van der Waals surface area (Å²) < 4.78 is 1.59. The van der Waals surface area contributed by atoms with E-state index in [2.05, 4.69) is 20.6 Å². The fourth-order valence-corrected chi connectivity index (χ4v) is 6.03. The number of carbonyl (C=O) groups excluding carboxylic acids is 2. The largest absolute Gasteiger partial charge is 0.351 e. The Morgan fingerprint density at radius 2 is 1.79 bits per heavy atom. The lowest BCUT2D eigenvalue weighted by atomic mass is 9.95. The van der Waals surface area contributed by atoms with Crippen LogP contribution in [0.5, 0.6) is 0 Å². The standard InChI is InChI=1S/C29H28N6O2S/c36-27(19-34-25-14-7-6-13-24(25)32-33-34)35(22-17-20-9-4-5-12-23(20)30-18-22)28(26-15-8-16-38-26)29(37)31-21-10-2-1-3-11-21/h4-9,12-18,21,28H,1-3,10-11,19H2,(H,31,37)/t28-/m0/s1. The number of anilines is 1. The summed E-state index contributed by atoms with van der Waals surface area (Å²) in [5, 5.41) is 14.5. The lowest BCUT2D eigenvalue weighted by Crippen LogP contribution is -2.48. The van der Waals surface area contributed by atoms with E-state index in [1.165, 1.54) is 17.8 Å². The van der Waals surface area contributed by atoms with Gasteiger partial charge in [0.2, 0.25) is 11.8 Å². The molecule has 1 saturated carbocycles. The molecular weight excluding hydrogens is 496 g/mol. The summed E-state index contributed by atoms with van der Waals surface area (Å²) in [6.07, 6.45) is 6.99.